The molecule has 4 unspecified atom stereocenters. The van der Waals surface area contributed by atoms with E-state index in [-0.39, 0.29) is 5.92 Å². The Morgan fingerprint density at radius 1 is 0.933 bits per heavy atom. The summed E-state index contributed by atoms with van der Waals surface area (Å²) in [7, 11) is 0. The molecule has 2 saturated carbocycles. The maximum atomic E-state index is 11.7. The van der Waals surface area contributed by atoms with E-state index in [9.17, 15) is 10.2 Å². The average Bonchev–Trinajstić information content (AvgIpc) is 3.17. The first-order valence-corrected chi connectivity index (χ1v) is 11.6. The van der Waals surface area contributed by atoms with Gasteiger partial charge in [-0.3, -0.25) is 4.90 Å². The van der Waals surface area contributed by atoms with Crippen LogP contribution in [0.5, 0.6) is 0 Å². The van der Waals surface area contributed by atoms with Gasteiger partial charge in [-0.2, -0.15) is 0 Å². The highest BCUT2D eigenvalue weighted by Gasteiger charge is 2.56. The Kier molecular flexibility index (Phi) is 5.67. The lowest BCUT2D eigenvalue weighted by molar-refractivity contribution is -0.118. The normalized spacial score (nSPS) is 29.5. The van der Waals surface area contributed by atoms with E-state index in [0.29, 0.717) is 24.4 Å². The van der Waals surface area contributed by atoms with Crippen LogP contribution in [0.15, 0.2) is 60.7 Å². The molecule has 160 valence electrons. The van der Waals surface area contributed by atoms with Crippen LogP contribution in [0.4, 0.5) is 0 Å². The Morgan fingerprint density at radius 3 is 2.17 bits per heavy atom. The first-order valence-electron chi connectivity index (χ1n) is 11.6. The van der Waals surface area contributed by atoms with Gasteiger partial charge in [0.1, 0.15) is 5.60 Å². The van der Waals surface area contributed by atoms with Gasteiger partial charge in [-0.25, -0.2) is 0 Å². The van der Waals surface area contributed by atoms with E-state index in [1.807, 2.05) is 30.3 Å². The van der Waals surface area contributed by atoms with Crippen LogP contribution < -0.4 is 5.32 Å². The molecule has 2 aromatic carbocycles. The van der Waals surface area contributed by atoms with Crippen LogP contribution in [0.1, 0.15) is 36.8 Å². The number of aliphatic hydroxyl groups is 2. The smallest absolute Gasteiger partial charge is 0.119 e. The molecule has 0 radical (unpaired) electrons. The molecule has 4 heteroatoms. The van der Waals surface area contributed by atoms with E-state index in [1.54, 1.807) is 0 Å². The van der Waals surface area contributed by atoms with Crippen molar-refractivity contribution in [2.24, 2.45) is 17.8 Å². The monoisotopic (exact) mass is 406 g/mol. The molecule has 1 heterocycles. The summed E-state index contributed by atoms with van der Waals surface area (Å²) in [6, 6.07) is 21.0. The summed E-state index contributed by atoms with van der Waals surface area (Å²) < 4.78 is 0. The molecule has 0 spiro atoms. The van der Waals surface area contributed by atoms with E-state index in [2.05, 4.69) is 40.5 Å². The Labute approximate surface area is 179 Å². The Balaban J connectivity index is 1.17. The number of fused-ring (bicyclic) bond motifs is 1. The molecule has 30 heavy (non-hydrogen) atoms. The lowest BCUT2D eigenvalue weighted by Gasteiger charge is -2.39. The fourth-order valence-electron chi connectivity index (χ4n) is 6.06. The number of piperidine rings is 1. The number of nitrogens with zero attached hydrogens (tertiary/aromatic N) is 1. The lowest BCUT2D eigenvalue weighted by atomic mass is 9.76. The molecule has 0 amide bonds. The highest BCUT2D eigenvalue weighted by molar-refractivity contribution is 5.26. The summed E-state index contributed by atoms with van der Waals surface area (Å²) in [6.45, 7) is 3.73. The summed E-state index contributed by atoms with van der Waals surface area (Å²) in [6.07, 6.45) is 3.48. The zero-order valence-electron chi connectivity index (χ0n) is 17.7. The number of nitrogens with one attached hydrogen (secondary N) is 1. The Morgan fingerprint density at radius 2 is 1.53 bits per heavy atom. The van der Waals surface area contributed by atoms with Gasteiger partial charge in [0, 0.05) is 32.2 Å². The van der Waals surface area contributed by atoms with Crippen LogP contribution in [-0.4, -0.2) is 46.9 Å². The number of aliphatic hydroxyl groups excluding tert-OH is 1. The number of hydrogen-bond donors (Lipinski definition) is 3. The molecule has 3 N–H and O–H groups in total. The molecule has 0 aromatic heterocycles. The number of hydrogen-bond acceptors (Lipinski definition) is 4. The van der Waals surface area contributed by atoms with Gasteiger partial charge in [0.15, 0.2) is 0 Å². The van der Waals surface area contributed by atoms with E-state index >= 15 is 0 Å². The van der Waals surface area contributed by atoms with Crippen molar-refractivity contribution in [1.29, 1.82) is 0 Å². The van der Waals surface area contributed by atoms with Crippen molar-refractivity contribution >= 4 is 0 Å². The molecule has 4 atom stereocenters. The molecule has 0 bridgehead atoms. The molecular formula is C26H34N2O2. The van der Waals surface area contributed by atoms with Crippen molar-refractivity contribution < 1.29 is 10.2 Å². The van der Waals surface area contributed by atoms with E-state index in [4.69, 9.17) is 0 Å². The van der Waals surface area contributed by atoms with Crippen molar-refractivity contribution in [3.63, 3.8) is 0 Å². The maximum Gasteiger partial charge on any atom is 0.119 e. The van der Waals surface area contributed by atoms with Crippen molar-refractivity contribution in [2.75, 3.05) is 19.6 Å². The largest absolute Gasteiger partial charge is 0.388 e. The molecule has 4 nitrogen and oxygen atoms in total. The van der Waals surface area contributed by atoms with Crippen LogP contribution in [0.25, 0.3) is 0 Å². The Hall–Kier alpha value is -1.72. The molecule has 3 aliphatic rings. The van der Waals surface area contributed by atoms with Crippen LogP contribution in [0.2, 0.25) is 0 Å². The van der Waals surface area contributed by atoms with Crippen molar-refractivity contribution in [2.45, 2.75) is 50.0 Å². The SMILES string of the molecule is OC(CNC1C2CN(Cc3ccccc3)CC21)C(O)(c1ccccc1)C1CCCC1. The number of benzene rings is 2. The van der Waals surface area contributed by atoms with Crippen LogP contribution >= 0.6 is 0 Å². The second-order valence-corrected chi connectivity index (χ2v) is 9.63. The predicted molar refractivity (Wildman–Crippen MR) is 119 cm³/mol. The Bertz CT molecular complexity index is 811. The molecule has 2 aromatic rings. The minimum Gasteiger partial charge on any atom is -0.388 e. The topological polar surface area (TPSA) is 55.7 Å². The van der Waals surface area contributed by atoms with Gasteiger partial charge in [-0.1, -0.05) is 73.5 Å². The fourth-order valence-corrected chi connectivity index (χ4v) is 6.06. The van der Waals surface area contributed by atoms with Crippen LogP contribution in [0.3, 0.4) is 0 Å². The summed E-state index contributed by atoms with van der Waals surface area (Å²) in [5, 5.41) is 26.4. The van der Waals surface area contributed by atoms with Crippen molar-refractivity contribution in [1.82, 2.24) is 10.2 Å². The van der Waals surface area contributed by atoms with Gasteiger partial charge in [0.25, 0.3) is 0 Å². The second kappa shape index (κ2) is 8.43. The molecule has 1 aliphatic heterocycles. The molecular weight excluding hydrogens is 372 g/mol. The highest BCUT2D eigenvalue weighted by atomic mass is 16.3. The number of rotatable bonds is 8. The molecule has 5 rings (SSSR count). The van der Waals surface area contributed by atoms with Crippen LogP contribution in [-0.2, 0) is 12.1 Å². The van der Waals surface area contributed by atoms with Gasteiger partial charge in [-0.15, -0.1) is 0 Å². The quantitative estimate of drug-likeness (QED) is 0.630. The van der Waals surface area contributed by atoms with Crippen LogP contribution in [0, 0.1) is 17.8 Å². The van der Waals surface area contributed by atoms with Gasteiger partial charge >= 0.3 is 0 Å². The number of likely N-dealkylation sites (tertiary alicyclic amines) is 1. The summed E-state index contributed by atoms with van der Waals surface area (Å²) in [5.74, 6) is 1.49. The van der Waals surface area contributed by atoms with E-state index in [1.165, 1.54) is 5.56 Å². The second-order valence-electron chi connectivity index (χ2n) is 9.63. The maximum absolute atomic E-state index is 11.7. The zero-order chi connectivity index (χ0) is 20.6. The minimum atomic E-state index is -1.16. The standard InChI is InChI=1S/C26H34N2O2/c29-24(26(30,21-13-7-8-14-21)20-11-5-2-6-12-20)15-27-25-22-17-28(18-23(22)25)16-19-9-3-1-4-10-19/h1-6,9-12,21-25,27,29-30H,7-8,13-18H2. The third-order valence-electron chi connectivity index (χ3n) is 7.79. The third-order valence-corrected chi connectivity index (χ3v) is 7.79. The van der Waals surface area contributed by atoms with Crippen molar-refractivity contribution in [3.05, 3.63) is 71.8 Å². The summed E-state index contributed by atoms with van der Waals surface area (Å²) in [5.41, 5.74) is 1.08. The molecule has 1 saturated heterocycles. The third kappa shape index (κ3) is 3.82. The van der Waals surface area contributed by atoms with Gasteiger partial charge in [0.05, 0.1) is 6.10 Å². The highest BCUT2D eigenvalue weighted by Crippen LogP contribution is 2.47. The minimum absolute atomic E-state index is 0.136. The first-order chi connectivity index (χ1) is 14.7. The molecule has 3 fully saturated rings. The molecule has 2 aliphatic carbocycles. The lowest BCUT2D eigenvalue weighted by Crippen LogP contribution is -2.50. The first kappa shape index (κ1) is 20.2. The van der Waals surface area contributed by atoms with E-state index in [0.717, 1.165) is 50.9 Å². The predicted octanol–water partition coefficient (Wildman–Crippen LogP) is 3.15. The van der Waals surface area contributed by atoms with Gasteiger partial charge in [-0.05, 0) is 41.7 Å². The van der Waals surface area contributed by atoms with E-state index < -0.39 is 11.7 Å². The van der Waals surface area contributed by atoms with Gasteiger partial charge in [0.2, 0.25) is 0 Å². The van der Waals surface area contributed by atoms with Gasteiger partial charge < -0.3 is 15.5 Å². The van der Waals surface area contributed by atoms with Crippen molar-refractivity contribution in [3.8, 4) is 0 Å². The zero-order valence-corrected chi connectivity index (χ0v) is 17.7. The summed E-state index contributed by atoms with van der Waals surface area (Å²) >= 11 is 0. The average molecular weight is 407 g/mol. The summed E-state index contributed by atoms with van der Waals surface area (Å²) in [4.78, 5) is 2.54. The fraction of sp³-hybridized carbons (Fsp3) is 0.538.